The van der Waals surface area contributed by atoms with E-state index in [1.807, 2.05) is 12.1 Å². The molecule has 36 heavy (non-hydrogen) atoms. The number of rotatable bonds is 13. The van der Waals surface area contributed by atoms with Gasteiger partial charge in [0.15, 0.2) is 5.78 Å². The van der Waals surface area contributed by atoms with Crippen LogP contribution in [-0.2, 0) is 4.79 Å². The van der Waals surface area contributed by atoms with Gasteiger partial charge in [-0.05, 0) is 92.4 Å². The number of nitrogens with zero attached hydrogens (tertiary/aromatic N) is 1. The fourth-order valence-electron chi connectivity index (χ4n) is 5.20. The molecule has 0 aromatic heterocycles. The Morgan fingerprint density at radius 1 is 1.03 bits per heavy atom. The molecule has 0 radical (unpaired) electrons. The molecule has 2 aromatic rings. The predicted molar refractivity (Wildman–Crippen MR) is 141 cm³/mol. The van der Waals surface area contributed by atoms with Crippen molar-refractivity contribution in [3.63, 3.8) is 0 Å². The van der Waals surface area contributed by atoms with E-state index in [9.17, 15) is 14.7 Å². The van der Waals surface area contributed by atoms with Crippen molar-refractivity contribution in [1.29, 1.82) is 0 Å². The quantitative estimate of drug-likeness (QED) is 0.308. The number of methoxy groups -OCH3 is 1. The Morgan fingerprint density at radius 2 is 1.67 bits per heavy atom. The third-order valence-corrected chi connectivity index (χ3v) is 7.67. The lowest BCUT2D eigenvalue weighted by Crippen LogP contribution is -2.46. The summed E-state index contributed by atoms with van der Waals surface area (Å²) in [5, 5.41) is 14.3. The molecule has 3 unspecified atom stereocenters. The summed E-state index contributed by atoms with van der Waals surface area (Å²) in [5.41, 5.74) is 2.85. The molecule has 1 saturated heterocycles. The van der Waals surface area contributed by atoms with Crippen LogP contribution in [0.25, 0.3) is 0 Å². The van der Waals surface area contributed by atoms with Crippen molar-refractivity contribution in [1.82, 2.24) is 10.2 Å². The zero-order valence-corrected chi connectivity index (χ0v) is 21.6. The Morgan fingerprint density at radius 3 is 2.28 bits per heavy atom. The van der Waals surface area contributed by atoms with E-state index in [4.69, 9.17) is 4.74 Å². The zero-order chi connectivity index (χ0) is 25.5. The average Bonchev–Trinajstić information content (AvgIpc) is 3.40. The minimum absolute atomic E-state index is 0.0708. The summed E-state index contributed by atoms with van der Waals surface area (Å²) in [4.78, 5) is 27.5. The van der Waals surface area contributed by atoms with Gasteiger partial charge in [-0.2, -0.15) is 0 Å². The monoisotopic (exact) mass is 492 g/mol. The maximum Gasteiger partial charge on any atom is 0.220 e. The minimum Gasteiger partial charge on any atom is -0.497 e. The molecule has 1 aliphatic heterocycles. The van der Waals surface area contributed by atoms with Gasteiger partial charge in [-0.15, -0.1) is 0 Å². The molecule has 6 heteroatoms. The molecule has 1 amide bonds. The second-order valence-corrected chi connectivity index (χ2v) is 10.5. The minimum atomic E-state index is -0.753. The fourth-order valence-corrected chi connectivity index (χ4v) is 5.20. The van der Waals surface area contributed by atoms with E-state index in [1.165, 1.54) is 12.0 Å². The summed E-state index contributed by atoms with van der Waals surface area (Å²) in [6, 6.07) is 15.0. The predicted octanol–water partition coefficient (Wildman–Crippen LogP) is 4.88. The number of ether oxygens (including phenoxy) is 1. The molecule has 0 spiro atoms. The molecular weight excluding hydrogens is 452 g/mol. The van der Waals surface area contributed by atoms with Gasteiger partial charge in [0.25, 0.3) is 0 Å². The van der Waals surface area contributed by atoms with E-state index >= 15 is 0 Å². The maximum atomic E-state index is 12.8. The van der Waals surface area contributed by atoms with E-state index in [0.717, 1.165) is 43.2 Å². The SMILES string of the molecule is COc1ccc(C(=O)CCCCC(=O)N[C@H](CN2CCCC2)C(O)c2ccc(C3CC3C)cc2)cc1. The van der Waals surface area contributed by atoms with Crippen LogP contribution in [0.15, 0.2) is 48.5 Å². The number of benzene rings is 2. The van der Waals surface area contributed by atoms with Gasteiger partial charge in [0, 0.05) is 24.9 Å². The van der Waals surface area contributed by atoms with E-state index in [-0.39, 0.29) is 17.7 Å². The normalized spacial score (nSPS) is 21.1. The number of hydrogen-bond donors (Lipinski definition) is 2. The highest BCUT2D eigenvalue weighted by atomic mass is 16.5. The van der Waals surface area contributed by atoms with Gasteiger partial charge in [0.05, 0.1) is 13.2 Å². The second kappa shape index (κ2) is 12.5. The van der Waals surface area contributed by atoms with Crippen LogP contribution in [0.5, 0.6) is 5.75 Å². The second-order valence-electron chi connectivity index (χ2n) is 10.5. The van der Waals surface area contributed by atoms with Crippen LogP contribution in [0.4, 0.5) is 0 Å². The van der Waals surface area contributed by atoms with Crippen LogP contribution in [0.1, 0.15) is 85.4 Å². The van der Waals surface area contributed by atoms with E-state index in [0.29, 0.717) is 43.7 Å². The molecule has 2 fully saturated rings. The molecule has 0 bridgehead atoms. The van der Waals surface area contributed by atoms with Crippen LogP contribution < -0.4 is 10.1 Å². The van der Waals surface area contributed by atoms with Gasteiger partial charge in [-0.1, -0.05) is 31.2 Å². The molecule has 4 rings (SSSR count). The number of amides is 1. The van der Waals surface area contributed by atoms with Gasteiger partial charge in [-0.25, -0.2) is 0 Å². The molecule has 2 aromatic carbocycles. The topological polar surface area (TPSA) is 78.9 Å². The highest BCUT2D eigenvalue weighted by Crippen LogP contribution is 2.46. The number of Topliss-reactive ketones (excluding diaryl/α,β-unsaturated/α-hetero) is 1. The van der Waals surface area contributed by atoms with Crippen LogP contribution in [0, 0.1) is 5.92 Å². The third-order valence-electron chi connectivity index (χ3n) is 7.67. The van der Waals surface area contributed by atoms with Crippen molar-refractivity contribution in [2.24, 2.45) is 5.92 Å². The maximum absolute atomic E-state index is 12.8. The lowest BCUT2D eigenvalue weighted by Gasteiger charge is -2.29. The van der Waals surface area contributed by atoms with Gasteiger partial charge in [0.1, 0.15) is 11.9 Å². The molecule has 194 valence electrons. The van der Waals surface area contributed by atoms with Crippen molar-refractivity contribution >= 4 is 11.7 Å². The van der Waals surface area contributed by atoms with E-state index in [2.05, 4.69) is 29.3 Å². The summed E-state index contributed by atoms with van der Waals surface area (Å²) in [7, 11) is 1.60. The summed E-state index contributed by atoms with van der Waals surface area (Å²) in [6.07, 6.45) is 4.84. The zero-order valence-electron chi connectivity index (χ0n) is 21.6. The number of likely N-dealkylation sites (tertiary alicyclic amines) is 1. The van der Waals surface area contributed by atoms with Crippen molar-refractivity contribution in [2.75, 3.05) is 26.7 Å². The van der Waals surface area contributed by atoms with Crippen molar-refractivity contribution in [3.8, 4) is 5.75 Å². The Kier molecular flexibility index (Phi) is 9.16. The van der Waals surface area contributed by atoms with Crippen molar-refractivity contribution < 1.29 is 19.4 Å². The highest BCUT2D eigenvalue weighted by Gasteiger charge is 2.34. The van der Waals surface area contributed by atoms with E-state index in [1.54, 1.807) is 31.4 Å². The third kappa shape index (κ3) is 7.17. The smallest absolute Gasteiger partial charge is 0.220 e. The number of aliphatic hydroxyl groups is 1. The molecule has 1 aliphatic carbocycles. The van der Waals surface area contributed by atoms with Gasteiger partial charge in [-0.3, -0.25) is 9.59 Å². The lowest BCUT2D eigenvalue weighted by molar-refractivity contribution is -0.123. The summed E-state index contributed by atoms with van der Waals surface area (Å²) >= 11 is 0. The molecule has 1 saturated carbocycles. The van der Waals surface area contributed by atoms with Gasteiger partial charge < -0.3 is 20.1 Å². The largest absolute Gasteiger partial charge is 0.497 e. The molecule has 1 heterocycles. The number of carbonyl (C=O) groups is 2. The molecule has 2 N–H and O–H groups in total. The summed E-state index contributed by atoms with van der Waals surface area (Å²) in [6.45, 7) is 4.92. The van der Waals surface area contributed by atoms with Crippen LogP contribution in [0.3, 0.4) is 0 Å². The fraction of sp³-hybridized carbons (Fsp3) is 0.533. The van der Waals surface area contributed by atoms with Crippen LogP contribution >= 0.6 is 0 Å². The van der Waals surface area contributed by atoms with Crippen molar-refractivity contribution in [2.45, 2.75) is 69.9 Å². The Balaban J connectivity index is 1.27. The number of carbonyl (C=O) groups excluding carboxylic acids is 2. The first-order chi connectivity index (χ1) is 17.4. The molecule has 2 aliphatic rings. The standard InChI is InChI=1S/C30H40N2O4/c1-21-19-26(21)22-9-11-24(12-10-22)30(35)27(20-32-17-5-6-18-32)31-29(34)8-4-3-7-28(33)23-13-15-25(36-2)16-14-23/h9-16,21,26-27,30,35H,3-8,17-20H2,1-2H3,(H,31,34)/t21?,26?,27-,30?/m1/s1. The first-order valence-corrected chi connectivity index (χ1v) is 13.4. The highest BCUT2D eigenvalue weighted by molar-refractivity contribution is 5.96. The Labute approximate surface area is 215 Å². The van der Waals surface area contributed by atoms with E-state index < -0.39 is 6.10 Å². The van der Waals surface area contributed by atoms with Gasteiger partial charge >= 0.3 is 0 Å². The Hall–Kier alpha value is -2.70. The number of ketones is 1. The number of hydrogen-bond acceptors (Lipinski definition) is 5. The first-order valence-electron chi connectivity index (χ1n) is 13.4. The number of nitrogens with one attached hydrogen (secondary N) is 1. The number of unbranched alkanes of at least 4 members (excludes halogenated alkanes) is 1. The molecule has 6 nitrogen and oxygen atoms in total. The van der Waals surface area contributed by atoms with Crippen molar-refractivity contribution in [3.05, 3.63) is 65.2 Å². The first kappa shape index (κ1) is 26.4. The lowest BCUT2D eigenvalue weighted by atomic mass is 9.98. The number of aliphatic hydroxyl groups excluding tert-OH is 1. The average molecular weight is 493 g/mol. The Bertz CT molecular complexity index is 999. The summed E-state index contributed by atoms with van der Waals surface area (Å²) < 4.78 is 5.14. The van der Waals surface area contributed by atoms with Crippen LogP contribution in [-0.4, -0.2) is 54.5 Å². The summed E-state index contributed by atoms with van der Waals surface area (Å²) in [5.74, 6) is 2.12. The van der Waals surface area contributed by atoms with Gasteiger partial charge in [0.2, 0.25) is 5.91 Å². The molecular formula is C30H40N2O4. The molecule has 4 atom stereocenters. The van der Waals surface area contributed by atoms with Crippen LogP contribution in [0.2, 0.25) is 0 Å².